The summed E-state index contributed by atoms with van der Waals surface area (Å²) >= 11 is 0. The first-order chi connectivity index (χ1) is 30.2. The number of carbonyl (C=O) groups excluding carboxylic acids is 4. The Kier molecular flexibility index (Phi) is 10.7. The third-order valence-electron chi connectivity index (χ3n) is 13.6. The van der Waals surface area contributed by atoms with Crippen LogP contribution in [0.2, 0.25) is 0 Å². The predicted octanol–water partition coefficient (Wildman–Crippen LogP) is 11.1. The molecule has 0 aromatic heterocycles. The van der Waals surface area contributed by atoms with E-state index in [1.165, 1.54) is 9.80 Å². The van der Waals surface area contributed by atoms with Crippen LogP contribution in [0.4, 0.5) is 17.1 Å². The number of rotatable bonds is 13. The van der Waals surface area contributed by atoms with E-state index in [9.17, 15) is 5.11 Å². The van der Waals surface area contributed by atoms with Gasteiger partial charge < -0.3 is 10.4 Å². The Labute approximate surface area is 370 Å². The summed E-state index contributed by atoms with van der Waals surface area (Å²) in [4.78, 5) is 63.2. The highest BCUT2D eigenvalue weighted by molar-refractivity contribution is 6.52. The molecular formula is C54H56BN3O5. The zero-order chi connectivity index (χ0) is 44.8. The average molecular weight is 838 g/mol. The molecule has 2 heterocycles. The number of nitrogens with one attached hydrogen (secondary N) is 1. The second kappa shape index (κ2) is 15.9. The number of fused-ring (bicyclic) bond motifs is 2. The first-order valence-corrected chi connectivity index (χ1v) is 22.8. The van der Waals surface area contributed by atoms with Gasteiger partial charge >= 0.3 is 0 Å². The fraction of sp³-hybridized carbons (Fsp3) is 0.333. The lowest BCUT2D eigenvalue weighted by molar-refractivity contribution is 0.0877. The third kappa shape index (κ3) is 6.36. The van der Waals surface area contributed by atoms with Gasteiger partial charge in [0.25, 0.3) is 23.6 Å². The summed E-state index contributed by atoms with van der Waals surface area (Å²) in [5.74, 6) is -1.12. The molecule has 7 aromatic carbocycles. The number of nitrogens with zero attached hydrogens (tertiary/aromatic N) is 2. The van der Waals surface area contributed by atoms with Crippen LogP contribution < -0.4 is 20.6 Å². The van der Waals surface area contributed by atoms with Crippen LogP contribution in [0.15, 0.2) is 72.8 Å². The summed E-state index contributed by atoms with van der Waals surface area (Å²) in [6, 6.07) is 23.7. The quantitative estimate of drug-likeness (QED) is 0.0394. The molecule has 4 amide bonds. The van der Waals surface area contributed by atoms with Crippen LogP contribution in [0.5, 0.6) is 0 Å². The van der Waals surface area contributed by atoms with Gasteiger partial charge in [0.05, 0.1) is 16.9 Å². The molecule has 0 radical (unpaired) electrons. The molecule has 0 unspecified atom stereocenters. The summed E-state index contributed by atoms with van der Waals surface area (Å²) in [5.41, 5.74) is 8.61. The lowest BCUT2D eigenvalue weighted by atomic mass is 9.76. The Morgan fingerprint density at radius 2 is 0.905 bits per heavy atom. The van der Waals surface area contributed by atoms with E-state index < -0.39 is 0 Å². The molecule has 0 saturated heterocycles. The lowest BCUT2D eigenvalue weighted by Gasteiger charge is -2.34. The molecule has 0 fully saturated rings. The van der Waals surface area contributed by atoms with E-state index in [0.717, 1.165) is 91.4 Å². The van der Waals surface area contributed by atoms with Crippen LogP contribution >= 0.6 is 0 Å². The summed E-state index contributed by atoms with van der Waals surface area (Å²) in [6.07, 6.45) is 3.42. The number of aliphatic hydroxyl groups excluding tert-OH is 1. The fourth-order valence-corrected chi connectivity index (χ4v) is 10.6. The number of hydrogen-bond donors (Lipinski definition) is 2. The molecule has 0 bridgehead atoms. The molecule has 8 nitrogen and oxygen atoms in total. The standard InChI is InChI=1S/C54H56BN3O5/c1-27(2)31-15-13-16-32(28(3)4)49(31)57-51(60)37-22-20-36-46-42(56-23-11-9-10-12-24-59)26-40-44-38(21-19-35(48(44)46)45-41(55)25-39(53(57)62)43(37)47(36)45)52(61)58(54(40)63)50-33(29(5)6)17-14-18-34(50)30(7)8/h13-22,25-30,56,59H,9-12,23-24,55H2,1-8H3. The number of aliphatic hydroxyl groups is 1. The van der Waals surface area contributed by atoms with Gasteiger partial charge in [0.15, 0.2) is 0 Å². The molecule has 2 N–H and O–H groups in total. The summed E-state index contributed by atoms with van der Waals surface area (Å²) in [7, 11) is 2.01. The maximum absolute atomic E-state index is 15.3. The molecule has 2 aliphatic rings. The van der Waals surface area contributed by atoms with Gasteiger partial charge in [-0.3, -0.25) is 19.2 Å². The van der Waals surface area contributed by atoms with Crippen molar-refractivity contribution >= 4 is 97.1 Å². The lowest BCUT2D eigenvalue weighted by Crippen LogP contribution is -2.42. The van der Waals surface area contributed by atoms with Crippen molar-refractivity contribution < 1.29 is 24.3 Å². The average Bonchev–Trinajstić information content (AvgIpc) is 3.25. The highest BCUT2D eigenvalue weighted by Gasteiger charge is 2.41. The normalized spacial score (nSPS) is 14.2. The Morgan fingerprint density at radius 3 is 1.37 bits per heavy atom. The number of amides is 4. The number of benzene rings is 7. The second-order valence-corrected chi connectivity index (χ2v) is 18.9. The van der Waals surface area contributed by atoms with E-state index in [1.807, 2.05) is 80.6 Å². The molecule has 9 heteroatoms. The molecule has 63 heavy (non-hydrogen) atoms. The van der Waals surface area contributed by atoms with E-state index in [4.69, 9.17) is 0 Å². The Bertz CT molecular complexity index is 3020. The molecule has 0 aliphatic carbocycles. The SMILES string of the molecule is Bc1cc2c3c(ccc4c5c(NCCCCCCO)cc6c7c(ccc(c1c34)c75)C(=O)N(c1c(C(C)C)cccc1C(C)C)C6=O)C(=O)N(c1c(C(C)C)cccc1C(C)C)C2=O. The minimum Gasteiger partial charge on any atom is -0.396 e. The third-order valence-corrected chi connectivity index (χ3v) is 13.6. The molecule has 9 rings (SSSR count). The van der Waals surface area contributed by atoms with Gasteiger partial charge in [0, 0.05) is 57.1 Å². The van der Waals surface area contributed by atoms with Gasteiger partial charge in [0.2, 0.25) is 0 Å². The second-order valence-electron chi connectivity index (χ2n) is 18.9. The van der Waals surface area contributed by atoms with Gasteiger partial charge in [-0.2, -0.15) is 0 Å². The molecule has 0 saturated carbocycles. The van der Waals surface area contributed by atoms with Crippen molar-refractivity contribution in [3.63, 3.8) is 0 Å². The molecule has 320 valence electrons. The maximum atomic E-state index is 15.3. The monoisotopic (exact) mass is 837 g/mol. The van der Waals surface area contributed by atoms with Crippen LogP contribution in [-0.4, -0.2) is 49.7 Å². The van der Waals surface area contributed by atoms with Gasteiger partial charge in [-0.25, -0.2) is 9.80 Å². The highest BCUT2D eigenvalue weighted by atomic mass is 16.3. The van der Waals surface area contributed by atoms with Crippen molar-refractivity contribution in [2.24, 2.45) is 0 Å². The van der Waals surface area contributed by atoms with Crippen molar-refractivity contribution in [1.82, 2.24) is 0 Å². The summed E-state index contributed by atoms with van der Waals surface area (Å²) < 4.78 is 0. The highest BCUT2D eigenvalue weighted by Crippen LogP contribution is 2.50. The Balaban J connectivity index is 1.33. The molecular weight excluding hydrogens is 781 g/mol. The van der Waals surface area contributed by atoms with Gasteiger partial charge in [0.1, 0.15) is 7.85 Å². The number of anilines is 3. The number of carbonyl (C=O) groups is 4. The largest absolute Gasteiger partial charge is 0.396 e. The molecule has 0 spiro atoms. The zero-order valence-electron chi connectivity index (χ0n) is 38.0. The van der Waals surface area contributed by atoms with Crippen LogP contribution in [0, 0.1) is 0 Å². The molecule has 0 atom stereocenters. The van der Waals surface area contributed by atoms with Crippen LogP contribution in [-0.2, 0) is 0 Å². The number of imide groups is 2. The number of hydrogen-bond acceptors (Lipinski definition) is 6. The molecule has 7 aromatic rings. The van der Waals surface area contributed by atoms with Crippen molar-refractivity contribution in [2.45, 2.75) is 105 Å². The van der Waals surface area contributed by atoms with Crippen molar-refractivity contribution in [1.29, 1.82) is 0 Å². The van der Waals surface area contributed by atoms with Gasteiger partial charge in [-0.05, 0) is 98.5 Å². The summed E-state index contributed by atoms with van der Waals surface area (Å²) in [5, 5.41) is 19.5. The minimum atomic E-state index is -0.358. The number of para-hydroxylation sites is 2. The molecule has 2 aliphatic heterocycles. The topological polar surface area (TPSA) is 107 Å². The van der Waals surface area contributed by atoms with E-state index in [-0.39, 0.29) is 53.9 Å². The summed E-state index contributed by atoms with van der Waals surface area (Å²) in [6.45, 7) is 17.5. The van der Waals surface area contributed by atoms with Crippen LogP contribution in [0.3, 0.4) is 0 Å². The zero-order valence-corrected chi connectivity index (χ0v) is 38.0. The fourth-order valence-electron chi connectivity index (χ4n) is 10.6. The smallest absolute Gasteiger partial charge is 0.266 e. The Morgan fingerprint density at radius 1 is 0.492 bits per heavy atom. The first kappa shape index (κ1) is 42.3. The van der Waals surface area contributed by atoms with Gasteiger partial charge in [-0.15, -0.1) is 0 Å². The van der Waals surface area contributed by atoms with Crippen LogP contribution in [0.25, 0.3) is 43.1 Å². The maximum Gasteiger partial charge on any atom is 0.266 e. The van der Waals surface area contributed by atoms with E-state index in [1.54, 1.807) is 0 Å². The van der Waals surface area contributed by atoms with Crippen molar-refractivity contribution in [3.8, 4) is 0 Å². The Hall–Kier alpha value is -6.06. The van der Waals surface area contributed by atoms with Crippen molar-refractivity contribution in [2.75, 3.05) is 28.3 Å². The van der Waals surface area contributed by atoms with E-state index >= 15 is 19.2 Å². The predicted molar refractivity (Wildman–Crippen MR) is 261 cm³/mol. The van der Waals surface area contributed by atoms with E-state index in [2.05, 4.69) is 60.7 Å². The minimum absolute atomic E-state index is 0.0637. The van der Waals surface area contributed by atoms with Gasteiger partial charge in [-0.1, -0.05) is 128 Å². The number of unbranched alkanes of at least 4 members (excludes halogenated alkanes) is 3. The van der Waals surface area contributed by atoms with Crippen molar-refractivity contribution in [3.05, 3.63) is 117 Å². The van der Waals surface area contributed by atoms with Crippen LogP contribution in [0.1, 0.15) is 168 Å². The van der Waals surface area contributed by atoms with E-state index in [0.29, 0.717) is 50.9 Å². The first-order valence-electron chi connectivity index (χ1n) is 22.8.